The fourth-order valence-corrected chi connectivity index (χ4v) is 4.03. The Labute approximate surface area is 143 Å². The molecule has 1 unspecified atom stereocenters. The van der Waals surface area contributed by atoms with E-state index in [9.17, 15) is 0 Å². The largest absolute Gasteiger partial charge is 0.338 e. The highest BCUT2D eigenvalue weighted by molar-refractivity contribution is 5.86. The van der Waals surface area contributed by atoms with Crippen LogP contribution in [0.5, 0.6) is 0 Å². The highest BCUT2D eigenvalue weighted by atomic mass is 15.2. The maximum Gasteiger partial charge on any atom is 0.0604 e. The molecule has 1 aromatic heterocycles. The van der Waals surface area contributed by atoms with Crippen LogP contribution in [-0.2, 0) is 13.0 Å². The molecular weight excluding hydrogens is 292 g/mol. The molecule has 0 amide bonds. The van der Waals surface area contributed by atoms with E-state index >= 15 is 0 Å². The minimum Gasteiger partial charge on any atom is -0.338 e. The van der Waals surface area contributed by atoms with Crippen LogP contribution in [0.4, 0.5) is 0 Å². The van der Waals surface area contributed by atoms with Crippen molar-refractivity contribution in [3.8, 4) is 12.3 Å². The van der Waals surface area contributed by atoms with Crippen LogP contribution >= 0.6 is 0 Å². The van der Waals surface area contributed by atoms with Gasteiger partial charge in [-0.2, -0.15) is 0 Å². The van der Waals surface area contributed by atoms with Gasteiger partial charge in [-0.1, -0.05) is 54.5 Å². The lowest BCUT2D eigenvalue weighted by atomic mass is 9.98. The zero-order valence-corrected chi connectivity index (χ0v) is 14.1. The molecule has 4 rings (SSSR count). The van der Waals surface area contributed by atoms with E-state index in [1.54, 1.807) is 0 Å². The zero-order chi connectivity index (χ0) is 16.5. The third-order valence-corrected chi connectivity index (χ3v) is 5.19. The molecule has 0 N–H and O–H groups in total. The predicted octanol–water partition coefficient (Wildman–Crippen LogP) is 4.24. The van der Waals surface area contributed by atoms with Crippen LogP contribution in [0.2, 0.25) is 0 Å². The molecule has 120 valence electrons. The summed E-state index contributed by atoms with van der Waals surface area (Å²) in [7, 11) is 0. The average molecular weight is 314 g/mol. The fraction of sp³-hybridized carbons (Fsp3) is 0.273. The number of fused-ring (bicyclic) bond motifs is 3. The van der Waals surface area contributed by atoms with Gasteiger partial charge in [0.2, 0.25) is 0 Å². The molecule has 1 atom stereocenters. The van der Waals surface area contributed by atoms with Crippen molar-refractivity contribution in [1.29, 1.82) is 0 Å². The number of nitrogens with zero attached hydrogens (tertiary/aromatic N) is 2. The Kier molecular flexibility index (Phi) is 3.88. The molecule has 0 spiro atoms. The highest BCUT2D eigenvalue weighted by Gasteiger charge is 2.29. The molecule has 1 aliphatic heterocycles. The summed E-state index contributed by atoms with van der Waals surface area (Å²) < 4.78 is 2.49. The Morgan fingerprint density at radius 2 is 1.83 bits per heavy atom. The first-order valence-electron chi connectivity index (χ1n) is 8.61. The molecule has 0 saturated heterocycles. The summed E-state index contributed by atoms with van der Waals surface area (Å²) in [5.74, 6) is 2.82. The number of terminal acetylenes is 1. The van der Waals surface area contributed by atoms with Gasteiger partial charge in [-0.25, -0.2) is 0 Å². The van der Waals surface area contributed by atoms with Gasteiger partial charge in [-0.05, 0) is 30.5 Å². The number of rotatable bonds is 3. The lowest BCUT2D eigenvalue weighted by Gasteiger charge is -2.33. The Balaban J connectivity index is 1.88. The number of para-hydroxylation sites is 1. The first-order valence-corrected chi connectivity index (χ1v) is 8.61. The van der Waals surface area contributed by atoms with Gasteiger partial charge >= 0.3 is 0 Å². The quantitative estimate of drug-likeness (QED) is 0.656. The van der Waals surface area contributed by atoms with E-state index in [0.29, 0.717) is 12.6 Å². The first kappa shape index (κ1) is 15.1. The number of hydrogen-bond donors (Lipinski definition) is 0. The monoisotopic (exact) mass is 314 g/mol. The summed E-state index contributed by atoms with van der Waals surface area (Å²) in [5.41, 5.74) is 5.60. The van der Waals surface area contributed by atoms with E-state index in [2.05, 4.69) is 76.9 Å². The van der Waals surface area contributed by atoms with E-state index in [1.807, 2.05) is 0 Å². The van der Waals surface area contributed by atoms with Crippen LogP contribution < -0.4 is 0 Å². The molecule has 2 heteroatoms. The van der Waals surface area contributed by atoms with E-state index in [0.717, 1.165) is 19.5 Å². The maximum atomic E-state index is 5.58. The fourth-order valence-electron chi connectivity index (χ4n) is 4.03. The van der Waals surface area contributed by atoms with E-state index in [1.165, 1.54) is 27.7 Å². The Bertz CT molecular complexity index is 899. The van der Waals surface area contributed by atoms with Gasteiger partial charge in [-0.15, -0.1) is 6.42 Å². The van der Waals surface area contributed by atoms with Gasteiger partial charge in [0.25, 0.3) is 0 Å². The molecule has 2 heterocycles. The van der Waals surface area contributed by atoms with Gasteiger partial charge in [-0.3, -0.25) is 4.90 Å². The van der Waals surface area contributed by atoms with Crippen molar-refractivity contribution in [3.63, 3.8) is 0 Å². The molecule has 24 heavy (non-hydrogen) atoms. The molecule has 3 aromatic rings. The van der Waals surface area contributed by atoms with E-state index in [-0.39, 0.29) is 0 Å². The second-order valence-electron chi connectivity index (χ2n) is 6.55. The van der Waals surface area contributed by atoms with Crippen LogP contribution in [0.15, 0.2) is 54.6 Å². The van der Waals surface area contributed by atoms with Crippen molar-refractivity contribution < 1.29 is 0 Å². The van der Waals surface area contributed by atoms with Gasteiger partial charge in [0.1, 0.15) is 0 Å². The lowest BCUT2D eigenvalue weighted by Crippen LogP contribution is -2.35. The second kappa shape index (κ2) is 6.19. The summed E-state index contributed by atoms with van der Waals surface area (Å²) in [6.07, 6.45) is 6.65. The molecule has 2 nitrogen and oxygen atoms in total. The number of aromatic nitrogens is 1. The van der Waals surface area contributed by atoms with E-state index in [4.69, 9.17) is 6.42 Å². The SMILES string of the molecule is C#CCN1CCc2c(n(Cc3ccccc3)c3ccccc23)C1C. The minimum atomic E-state index is 0.348. The highest BCUT2D eigenvalue weighted by Crippen LogP contribution is 2.37. The predicted molar refractivity (Wildman–Crippen MR) is 100 cm³/mol. The van der Waals surface area contributed by atoms with Crippen molar-refractivity contribution in [1.82, 2.24) is 9.47 Å². The van der Waals surface area contributed by atoms with Crippen molar-refractivity contribution in [2.45, 2.75) is 25.9 Å². The Morgan fingerprint density at radius 3 is 2.62 bits per heavy atom. The Morgan fingerprint density at radius 1 is 1.08 bits per heavy atom. The van der Waals surface area contributed by atoms with Gasteiger partial charge in [0.05, 0.1) is 6.54 Å². The average Bonchev–Trinajstić information content (AvgIpc) is 2.93. The molecule has 0 saturated carbocycles. The molecule has 1 aliphatic rings. The minimum absolute atomic E-state index is 0.348. The summed E-state index contributed by atoms with van der Waals surface area (Å²) in [5, 5.41) is 1.40. The van der Waals surface area contributed by atoms with Gasteiger partial charge < -0.3 is 4.57 Å². The second-order valence-corrected chi connectivity index (χ2v) is 6.55. The van der Waals surface area contributed by atoms with Crippen LogP contribution in [0.1, 0.15) is 29.8 Å². The molecule has 2 aromatic carbocycles. The van der Waals surface area contributed by atoms with Gasteiger partial charge in [0.15, 0.2) is 0 Å². The number of benzene rings is 2. The molecular formula is C22H22N2. The smallest absolute Gasteiger partial charge is 0.0604 e. The molecule has 0 aliphatic carbocycles. The van der Waals surface area contributed by atoms with Crippen molar-refractivity contribution in [2.75, 3.05) is 13.1 Å². The Hall–Kier alpha value is -2.50. The maximum absolute atomic E-state index is 5.58. The van der Waals surface area contributed by atoms with E-state index < -0.39 is 0 Å². The summed E-state index contributed by atoms with van der Waals surface area (Å²) in [6, 6.07) is 19.8. The summed E-state index contributed by atoms with van der Waals surface area (Å²) >= 11 is 0. The van der Waals surface area contributed by atoms with Gasteiger partial charge in [0, 0.05) is 35.7 Å². The third-order valence-electron chi connectivity index (χ3n) is 5.19. The normalized spacial score (nSPS) is 17.6. The topological polar surface area (TPSA) is 8.17 Å². The first-order chi connectivity index (χ1) is 11.8. The lowest BCUT2D eigenvalue weighted by molar-refractivity contribution is 0.217. The molecule has 0 fully saturated rings. The molecule has 0 radical (unpaired) electrons. The van der Waals surface area contributed by atoms with Crippen molar-refractivity contribution >= 4 is 10.9 Å². The van der Waals surface area contributed by atoms with Crippen LogP contribution in [0, 0.1) is 12.3 Å². The summed E-state index contributed by atoms with van der Waals surface area (Å²) in [6.45, 7) is 4.95. The van der Waals surface area contributed by atoms with Crippen molar-refractivity contribution in [3.05, 3.63) is 71.4 Å². The van der Waals surface area contributed by atoms with Crippen molar-refractivity contribution in [2.24, 2.45) is 0 Å². The van der Waals surface area contributed by atoms with Crippen LogP contribution in [0.25, 0.3) is 10.9 Å². The summed E-state index contributed by atoms with van der Waals surface area (Å²) in [4.78, 5) is 2.41. The van der Waals surface area contributed by atoms with Crippen LogP contribution in [0.3, 0.4) is 0 Å². The number of hydrogen-bond acceptors (Lipinski definition) is 1. The molecule has 0 bridgehead atoms. The standard InChI is InChI=1S/C22H22N2/c1-3-14-23-15-13-20-19-11-7-8-12-21(19)24(22(20)17(23)2)16-18-9-5-4-6-10-18/h1,4-12,17H,13-16H2,2H3. The third kappa shape index (κ3) is 2.42. The van der Waals surface area contributed by atoms with Crippen LogP contribution in [-0.4, -0.2) is 22.6 Å². The zero-order valence-electron chi connectivity index (χ0n) is 14.1.